The SMILES string of the molecule is CC(N)C(C)(C(C)N)S(=O)(=O)O. The van der Waals surface area contributed by atoms with E-state index >= 15 is 0 Å². The van der Waals surface area contributed by atoms with E-state index in [0.29, 0.717) is 0 Å². The quantitative estimate of drug-likeness (QED) is 0.519. The molecule has 0 saturated carbocycles. The van der Waals surface area contributed by atoms with Gasteiger partial charge in [-0.25, -0.2) is 0 Å². The number of hydrogen-bond donors (Lipinski definition) is 3. The van der Waals surface area contributed by atoms with Crippen molar-refractivity contribution in [1.82, 2.24) is 0 Å². The second kappa shape index (κ2) is 3.29. The second-order valence-electron chi connectivity index (χ2n) is 3.24. The third-order valence-corrected chi connectivity index (χ3v) is 4.22. The molecule has 2 unspecified atom stereocenters. The van der Waals surface area contributed by atoms with Crippen molar-refractivity contribution in [2.45, 2.75) is 37.6 Å². The third-order valence-electron chi connectivity index (χ3n) is 2.36. The van der Waals surface area contributed by atoms with Crippen LogP contribution in [0.15, 0.2) is 0 Å². The highest BCUT2D eigenvalue weighted by atomic mass is 32.2. The summed E-state index contributed by atoms with van der Waals surface area (Å²) in [6.07, 6.45) is 0. The zero-order chi connectivity index (χ0) is 10.2. The average molecular weight is 196 g/mol. The number of nitrogens with two attached hydrogens (primary N) is 2. The molecule has 74 valence electrons. The molecule has 0 radical (unpaired) electrons. The summed E-state index contributed by atoms with van der Waals surface area (Å²) in [7, 11) is -4.21. The van der Waals surface area contributed by atoms with Gasteiger partial charge >= 0.3 is 0 Å². The van der Waals surface area contributed by atoms with Gasteiger partial charge in [0.2, 0.25) is 0 Å². The van der Waals surface area contributed by atoms with Gasteiger partial charge in [0.25, 0.3) is 10.1 Å². The Balaban J connectivity index is 5.18. The Labute approximate surface area is 72.9 Å². The van der Waals surface area contributed by atoms with Crippen LogP contribution in [0.25, 0.3) is 0 Å². The van der Waals surface area contributed by atoms with Crippen molar-refractivity contribution in [3.8, 4) is 0 Å². The van der Waals surface area contributed by atoms with E-state index in [4.69, 9.17) is 16.0 Å². The normalized spacial score (nSPS) is 22.8. The smallest absolute Gasteiger partial charge is 0.273 e. The number of hydrogen-bond acceptors (Lipinski definition) is 4. The van der Waals surface area contributed by atoms with E-state index in [2.05, 4.69) is 0 Å². The zero-order valence-corrected chi connectivity index (χ0v) is 8.30. The van der Waals surface area contributed by atoms with Crippen LogP contribution in [0.3, 0.4) is 0 Å². The Morgan fingerprint density at radius 1 is 1.25 bits per heavy atom. The Kier molecular flexibility index (Phi) is 3.25. The van der Waals surface area contributed by atoms with Crippen molar-refractivity contribution in [1.29, 1.82) is 0 Å². The van der Waals surface area contributed by atoms with E-state index in [9.17, 15) is 8.42 Å². The van der Waals surface area contributed by atoms with Crippen LogP contribution in [0.4, 0.5) is 0 Å². The van der Waals surface area contributed by atoms with Crippen molar-refractivity contribution in [3.05, 3.63) is 0 Å². The molecule has 12 heavy (non-hydrogen) atoms. The van der Waals surface area contributed by atoms with Gasteiger partial charge in [-0.2, -0.15) is 8.42 Å². The summed E-state index contributed by atoms with van der Waals surface area (Å²) in [6, 6.07) is -1.43. The van der Waals surface area contributed by atoms with Crippen LogP contribution in [0.2, 0.25) is 0 Å². The van der Waals surface area contributed by atoms with Gasteiger partial charge in [0.05, 0.1) is 0 Å². The molecule has 0 spiro atoms. The molecule has 0 aliphatic heterocycles. The van der Waals surface area contributed by atoms with Crippen molar-refractivity contribution in [3.63, 3.8) is 0 Å². The Morgan fingerprint density at radius 3 is 1.50 bits per heavy atom. The fraction of sp³-hybridized carbons (Fsp3) is 1.00. The molecular weight excluding hydrogens is 180 g/mol. The first kappa shape index (κ1) is 11.8. The average Bonchev–Trinajstić information content (AvgIpc) is 1.82. The first-order valence-electron chi connectivity index (χ1n) is 3.62. The standard InChI is InChI=1S/C6H16N2O3S/c1-4(7)6(3,5(2)8)12(9,10)11/h4-5H,7-8H2,1-3H3,(H,9,10,11). The van der Waals surface area contributed by atoms with Gasteiger partial charge in [0.15, 0.2) is 0 Å². The molecule has 0 bridgehead atoms. The molecular formula is C6H16N2O3S. The molecule has 0 aromatic carbocycles. The van der Waals surface area contributed by atoms with E-state index in [0.717, 1.165) is 0 Å². The maximum absolute atomic E-state index is 10.9. The predicted molar refractivity (Wildman–Crippen MR) is 47.3 cm³/mol. The molecule has 5 N–H and O–H groups in total. The molecule has 0 amide bonds. The van der Waals surface area contributed by atoms with E-state index in [1.807, 2.05) is 0 Å². The molecule has 0 rings (SSSR count). The summed E-state index contributed by atoms with van der Waals surface area (Å²) < 4.78 is 29.3. The molecule has 6 heteroatoms. The fourth-order valence-electron chi connectivity index (χ4n) is 0.885. The molecule has 0 aliphatic carbocycles. The maximum atomic E-state index is 10.9. The minimum atomic E-state index is -4.21. The summed E-state index contributed by atoms with van der Waals surface area (Å²) in [4.78, 5) is 0. The molecule has 2 atom stereocenters. The predicted octanol–water partition coefficient (Wildman–Crippen LogP) is -0.673. The van der Waals surface area contributed by atoms with Gasteiger partial charge in [0, 0.05) is 12.1 Å². The van der Waals surface area contributed by atoms with Gasteiger partial charge in [-0.15, -0.1) is 0 Å². The first-order valence-corrected chi connectivity index (χ1v) is 5.06. The highest BCUT2D eigenvalue weighted by Gasteiger charge is 2.45. The lowest BCUT2D eigenvalue weighted by Crippen LogP contribution is -2.59. The number of rotatable bonds is 3. The van der Waals surface area contributed by atoms with Gasteiger partial charge in [0.1, 0.15) is 4.75 Å². The highest BCUT2D eigenvalue weighted by molar-refractivity contribution is 7.87. The van der Waals surface area contributed by atoms with Crippen molar-refractivity contribution >= 4 is 10.1 Å². The Bertz CT molecular complexity index is 238. The van der Waals surface area contributed by atoms with E-state index in [-0.39, 0.29) is 0 Å². The van der Waals surface area contributed by atoms with Crippen LogP contribution >= 0.6 is 0 Å². The van der Waals surface area contributed by atoms with Crippen molar-refractivity contribution < 1.29 is 13.0 Å². The summed E-state index contributed by atoms with van der Waals surface area (Å²) in [5.74, 6) is 0. The molecule has 0 saturated heterocycles. The van der Waals surface area contributed by atoms with Crippen LogP contribution in [-0.4, -0.2) is 29.8 Å². The highest BCUT2D eigenvalue weighted by Crippen LogP contribution is 2.22. The van der Waals surface area contributed by atoms with Gasteiger partial charge in [-0.1, -0.05) is 0 Å². The third kappa shape index (κ3) is 1.77. The molecule has 0 fully saturated rings. The molecule has 5 nitrogen and oxygen atoms in total. The summed E-state index contributed by atoms with van der Waals surface area (Å²) in [5, 5.41) is 0. The zero-order valence-electron chi connectivity index (χ0n) is 7.48. The molecule has 0 aliphatic rings. The fourth-order valence-corrected chi connectivity index (χ4v) is 1.82. The molecule has 0 aromatic rings. The lowest BCUT2D eigenvalue weighted by atomic mass is 9.96. The van der Waals surface area contributed by atoms with Gasteiger partial charge < -0.3 is 11.5 Å². The van der Waals surface area contributed by atoms with Crippen molar-refractivity contribution in [2.24, 2.45) is 11.5 Å². The summed E-state index contributed by atoms with van der Waals surface area (Å²) in [6.45, 7) is 4.33. The minimum Gasteiger partial charge on any atom is -0.326 e. The van der Waals surface area contributed by atoms with Crippen molar-refractivity contribution in [2.75, 3.05) is 0 Å². The summed E-state index contributed by atoms with van der Waals surface area (Å²) >= 11 is 0. The molecule has 0 heterocycles. The van der Waals surface area contributed by atoms with Crippen LogP contribution in [0.1, 0.15) is 20.8 Å². The van der Waals surface area contributed by atoms with Crippen LogP contribution in [0, 0.1) is 0 Å². The van der Waals surface area contributed by atoms with Crippen LogP contribution in [-0.2, 0) is 10.1 Å². The van der Waals surface area contributed by atoms with E-state index in [1.165, 1.54) is 20.8 Å². The summed E-state index contributed by atoms with van der Waals surface area (Å²) in [5.41, 5.74) is 10.9. The minimum absolute atomic E-state index is 0.715. The Morgan fingerprint density at radius 2 is 1.50 bits per heavy atom. The largest absolute Gasteiger partial charge is 0.326 e. The molecule has 0 aromatic heterocycles. The van der Waals surface area contributed by atoms with Gasteiger partial charge in [-0.05, 0) is 20.8 Å². The second-order valence-corrected chi connectivity index (χ2v) is 5.07. The van der Waals surface area contributed by atoms with E-state index < -0.39 is 26.9 Å². The monoisotopic (exact) mass is 196 g/mol. The van der Waals surface area contributed by atoms with Gasteiger partial charge in [-0.3, -0.25) is 4.55 Å². The topological polar surface area (TPSA) is 106 Å². The Hall–Kier alpha value is -0.170. The van der Waals surface area contributed by atoms with E-state index in [1.54, 1.807) is 0 Å². The van der Waals surface area contributed by atoms with Crippen LogP contribution in [0.5, 0.6) is 0 Å². The lowest BCUT2D eigenvalue weighted by molar-refractivity contribution is 0.372. The lowest BCUT2D eigenvalue weighted by Gasteiger charge is -2.33. The van der Waals surface area contributed by atoms with Crippen LogP contribution < -0.4 is 11.5 Å². The first-order chi connectivity index (χ1) is 5.14. The maximum Gasteiger partial charge on any atom is 0.273 e.